The zero-order chi connectivity index (χ0) is 14.9. The van der Waals surface area contributed by atoms with Crippen molar-refractivity contribution in [3.05, 3.63) is 41.3 Å². The van der Waals surface area contributed by atoms with Crippen molar-refractivity contribution in [1.82, 2.24) is 10.2 Å². The van der Waals surface area contributed by atoms with E-state index in [1.165, 1.54) is 38.9 Å². The molecule has 0 bridgehead atoms. The van der Waals surface area contributed by atoms with E-state index in [-0.39, 0.29) is 5.91 Å². The van der Waals surface area contributed by atoms with Gasteiger partial charge < -0.3 is 10.2 Å². The summed E-state index contributed by atoms with van der Waals surface area (Å²) in [4.78, 5) is 14.5. The molecule has 1 saturated heterocycles. The Morgan fingerprint density at radius 2 is 1.90 bits per heavy atom. The second kappa shape index (κ2) is 9.06. The largest absolute Gasteiger partial charge is 0.352 e. The van der Waals surface area contributed by atoms with Crippen LogP contribution in [-0.4, -0.2) is 37.0 Å². The number of nitrogens with zero attached hydrogens (tertiary/aromatic N) is 1. The van der Waals surface area contributed by atoms with Crippen LogP contribution in [0.3, 0.4) is 0 Å². The van der Waals surface area contributed by atoms with E-state index in [1.807, 2.05) is 12.1 Å². The molecule has 0 saturated carbocycles. The molecule has 1 heterocycles. The minimum atomic E-state index is -0.0767. The minimum Gasteiger partial charge on any atom is -0.352 e. The van der Waals surface area contributed by atoms with E-state index < -0.39 is 0 Å². The van der Waals surface area contributed by atoms with Gasteiger partial charge in [-0.3, -0.25) is 4.79 Å². The SMILES string of the molecule is O=C(NCCCCCN1CC[CH]CC1)c1ccccc1Cl. The fourth-order valence-electron chi connectivity index (χ4n) is 2.61. The van der Waals surface area contributed by atoms with Crippen molar-refractivity contribution in [2.75, 3.05) is 26.2 Å². The summed E-state index contributed by atoms with van der Waals surface area (Å²) in [6, 6.07) is 7.16. The number of nitrogens with one attached hydrogen (secondary N) is 1. The molecule has 0 unspecified atom stereocenters. The number of unbranched alkanes of at least 4 members (excludes halogenated alkanes) is 2. The lowest BCUT2D eigenvalue weighted by Crippen LogP contribution is -2.31. The number of amides is 1. The number of likely N-dealkylation sites (tertiary alicyclic amines) is 1. The first kappa shape index (κ1) is 16.3. The highest BCUT2D eigenvalue weighted by Gasteiger charge is 2.10. The number of carbonyl (C=O) groups excluding carboxylic acids is 1. The lowest BCUT2D eigenvalue weighted by Gasteiger charge is -2.26. The molecule has 2 rings (SSSR count). The van der Waals surface area contributed by atoms with Crippen molar-refractivity contribution in [3.8, 4) is 0 Å². The number of benzene rings is 1. The van der Waals surface area contributed by atoms with Crippen LogP contribution in [0.25, 0.3) is 0 Å². The molecule has 0 atom stereocenters. The normalized spacial score (nSPS) is 15.9. The number of hydrogen-bond acceptors (Lipinski definition) is 2. The maximum atomic E-state index is 11.9. The first-order valence-corrected chi connectivity index (χ1v) is 8.22. The van der Waals surface area contributed by atoms with Gasteiger partial charge in [0.05, 0.1) is 10.6 Å². The van der Waals surface area contributed by atoms with Gasteiger partial charge in [0.25, 0.3) is 5.91 Å². The summed E-state index contributed by atoms with van der Waals surface area (Å²) in [7, 11) is 0. The van der Waals surface area contributed by atoms with Crippen molar-refractivity contribution in [3.63, 3.8) is 0 Å². The molecule has 0 spiro atoms. The number of carbonyl (C=O) groups is 1. The Labute approximate surface area is 132 Å². The fraction of sp³-hybridized carbons (Fsp3) is 0.529. The Morgan fingerprint density at radius 1 is 1.14 bits per heavy atom. The van der Waals surface area contributed by atoms with Crippen molar-refractivity contribution in [1.29, 1.82) is 0 Å². The average molecular weight is 308 g/mol. The van der Waals surface area contributed by atoms with Gasteiger partial charge in [-0.05, 0) is 63.9 Å². The van der Waals surface area contributed by atoms with Crippen LogP contribution in [0, 0.1) is 6.42 Å². The van der Waals surface area contributed by atoms with E-state index in [2.05, 4.69) is 16.6 Å². The van der Waals surface area contributed by atoms with Gasteiger partial charge in [0.1, 0.15) is 0 Å². The van der Waals surface area contributed by atoms with E-state index in [9.17, 15) is 4.79 Å². The van der Waals surface area contributed by atoms with Crippen LogP contribution in [0.2, 0.25) is 5.02 Å². The summed E-state index contributed by atoms with van der Waals surface area (Å²) < 4.78 is 0. The summed E-state index contributed by atoms with van der Waals surface area (Å²) in [5.41, 5.74) is 0.559. The van der Waals surface area contributed by atoms with Crippen LogP contribution in [0.4, 0.5) is 0 Å². The molecule has 0 aromatic heterocycles. The Hall–Kier alpha value is -1.06. The van der Waals surface area contributed by atoms with Crippen LogP contribution in [0.1, 0.15) is 42.5 Å². The van der Waals surface area contributed by atoms with E-state index in [0.29, 0.717) is 10.6 Å². The van der Waals surface area contributed by atoms with Crippen molar-refractivity contribution in [2.45, 2.75) is 32.1 Å². The molecule has 1 aromatic rings. The van der Waals surface area contributed by atoms with Gasteiger partial charge in [-0.25, -0.2) is 0 Å². The second-order valence-electron chi connectivity index (χ2n) is 5.50. The standard InChI is InChI=1S/C17H24ClN2O/c18-16-10-4-3-9-15(16)17(21)19-11-5-1-6-12-20-13-7-2-8-14-20/h2-4,9-10H,1,5-8,11-14H2,(H,19,21). The Kier molecular flexibility index (Phi) is 7.04. The summed E-state index contributed by atoms with van der Waals surface area (Å²) >= 11 is 6.00. The third-order valence-electron chi connectivity index (χ3n) is 3.85. The predicted octanol–water partition coefficient (Wildman–Crippen LogP) is 3.54. The van der Waals surface area contributed by atoms with Gasteiger partial charge >= 0.3 is 0 Å². The molecule has 4 heteroatoms. The van der Waals surface area contributed by atoms with Gasteiger partial charge in [-0.2, -0.15) is 0 Å². The molecule has 1 aliphatic heterocycles. The average Bonchev–Trinajstić information content (AvgIpc) is 2.52. The first-order valence-electron chi connectivity index (χ1n) is 7.84. The highest BCUT2D eigenvalue weighted by molar-refractivity contribution is 6.33. The molecule has 1 fully saturated rings. The topological polar surface area (TPSA) is 32.3 Å². The van der Waals surface area contributed by atoms with Gasteiger partial charge in [-0.15, -0.1) is 0 Å². The Morgan fingerprint density at radius 3 is 2.67 bits per heavy atom. The third kappa shape index (κ3) is 5.68. The second-order valence-corrected chi connectivity index (χ2v) is 5.91. The third-order valence-corrected chi connectivity index (χ3v) is 4.18. The number of piperidine rings is 1. The van der Waals surface area contributed by atoms with Crippen LogP contribution >= 0.6 is 11.6 Å². The van der Waals surface area contributed by atoms with E-state index in [1.54, 1.807) is 12.1 Å². The maximum Gasteiger partial charge on any atom is 0.252 e. The molecular formula is C17H24ClN2O. The number of rotatable bonds is 7. The highest BCUT2D eigenvalue weighted by Crippen LogP contribution is 2.14. The maximum absolute atomic E-state index is 11.9. The van der Waals surface area contributed by atoms with Gasteiger partial charge in [0.15, 0.2) is 0 Å². The zero-order valence-electron chi connectivity index (χ0n) is 12.5. The summed E-state index contributed by atoms with van der Waals surface area (Å²) in [5, 5.41) is 3.45. The molecular weight excluding hydrogens is 284 g/mol. The minimum absolute atomic E-state index is 0.0767. The van der Waals surface area contributed by atoms with Crippen LogP contribution < -0.4 is 5.32 Å². The first-order chi connectivity index (χ1) is 10.3. The van der Waals surface area contributed by atoms with Crippen LogP contribution in [0.5, 0.6) is 0 Å². The molecule has 115 valence electrons. The quantitative estimate of drug-likeness (QED) is 0.781. The molecule has 1 aromatic carbocycles. The van der Waals surface area contributed by atoms with E-state index in [0.717, 1.165) is 19.4 Å². The van der Waals surface area contributed by atoms with Crippen molar-refractivity contribution >= 4 is 17.5 Å². The van der Waals surface area contributed by atoms with Crippen molar-refractivity contribution in [2.24, 2.45) is 0 Å². The lowest BCUT2D eigenvalue weighted by atomic mass is 10.1. The highest BCUT2D eigenvalue weighted by atomic mass is 35.5. The Balaban J connectivity index is 1.55. The molecule has 1 amide bonds. The van der Waals surface area contributed by atoms with Gasteiger partial charge in [-0.1, -0.05) is 30.2 Å². The Bertz CT molecular complexity index is 444. The van der Waals surface area contributed by atoms with Crippen molar-refractivity contribution < 1.29 is 4.79 Å². The summed E-state index contributed by atoms with van der Waals surface area (Å²) in [6.45, 7) is 4.33. The number of hydrogen-bond donors (Lipinski definition) is 1. The predicted molar refractivity (Wildman–Crippen MR) is 87.6 cm³/mol. The van der Waals surface area contributed by atoms with Gasteiger partial charge in [0.2, 0.25) is 0 Å². The fourth-order valence-corrected chi connectivity index (χ4v) is 2.83. The summed E-state index contributed by atoms with van der Waals surface area (Å²) in [6.07, 6.45) is 8.23. The van der Waals surface area contributed by atoms with Crippen LogP contribution in [0.15, 0.2) is 24.3 Å². The molecule has 21 heavy (non-hydrogen) atoms. The molecule has 1 radical (unpaired) electrons. The lowest BCUT2D eigenvalue weighted by molar-refractivity contribution is 0.0953. The molecule has 1 aliphatic rings. The monoisotopic (exact) mass is 307 g/mol. The zero-order valence-corrected chi connectivity index (χ0v) is 13.2. The van der Waals surface area contributed by atoms with E-state index in [4.69, 9.17) is 11.6 Å². The molecule has 3 nitrogen and oxygen atoms in total. The number of halogens is 1. The van der Waals surface area contributed by atoms with E-state index >= 15 is 0 Å². The summed E-state index contributed by atoms with van der Waals surface area (Å²) in [5.74, 6) is -0.0767. The smallest absolute Gasteiger partial charge is 0.252 e. The van der Waals surface area contributed by atoms with Crippen LogP contribution in [-0.2, 0) is 0 Å². The van der Waals surface area contributed by atoms with Gasteiger partial charge in [0, 0.05) is 6.54 Å². The molecule has 1 N–H and O–H groups in total. The molecule has 0 aliphatic carbocycles.